The third kappa shape index (κ3) is 4.30. The third-order valence-corrected chi connectivity index (χ3v) is 6.91. The van der Waals surface area contributed by atoms with Gasteiger partial charge in [-0.25, -0.2) is 14.4 Å². The predicted molar refractivity (Wildman–Crippen MR) is 128 cm³/mol. The number of amides is 1. The molecule has 178 valence electrons. The normalized spacial score (nSPS) is 17.4. The summed E-state index contributed by atoms with van der Waals surface area (Å²) in [5.41, 5.74) is 1.69. The second-order valence-electron chi connectivity index (χ2n) is 8.99. The van der Waals surface area contributed by atoms with Crippen molar-refractivity contribution >= 4 is 22.5 Å². The molecule has 1 saturated heterocycles. The predicted octanol–water partition coefficient (Wildman–Crippen LogP) is 3.98. The number of nitrogens with one attached hydrogen (secondary N) is 1. The van der Waals surface area contributed by atoms with Crippen LogP contribution in [0.4, 0.5) is 10.1 Å². The van der Waals surface area contributed by atoms with E-state index in [4.69, 9.17) is 9.47 Å². The maximum atomic E-state index is 15.8. The summed E-state index contributed by atoms with van der Waals surface area (Å²) < 4.78 is 27.5. The summed E-state index contributed by atoms with van der Waals surface area (Å²) in [5.74, 6) is 1.52. The lowest BCUT2D eigenvalue weighted by Crippen LogP contribution is -2.37. The van der Waals surface area contributed by atoms with Gasteiger partial charge in [0.15, 0.2) is 12.4 Å². The van der Waals surface area contributed by atoms with E-state index in [1.807, 2.05) is 31.2 Å². The van der Waals surface area contributed by atoms with Gasteiger partial charge in [-0.15, -0.1) is 0 Å². The Bertz CT molecular complexity index is 1210. The van der Waals surface area contributed by atoms with E-state index in [0.29, 0.717) is 36.1 Å². The van der Waals surface area contributed by atoms with Crippen LogP contribution in [0.25, 0.3) is 10.9 Å². The number of benzene rings is 2. The number of likely N-dealkylation sites (N-methyl/N-ethyl adjacent to an activating group) is 1. The number of rotatable bonds is 6. The van der Waals surface area contributed by atoms with Crippen molar-refractivity contribution in [2.24, 2.45) is 5.92 Å². The molecule has 2 aromatic carbocycles. The molecule has 1 unspecified atom stereocenters. The summed E-state index contributed by atoms with van der Waals surface area (Å²) in [7, 11) is 1.60. The molecule has 0 saturated carbocycles. The molecule has 0 radical (unpaired) electrons. The van der Waals surface area contributed by atoms with Crippen LogP contribution in [-0.2, 0) is 4.79 Å². The molecule has 0 spiro atoms. The summed E-state index contributed by atoms with van der Waals surface area (Å²) in [5, 5.41) is 4.26. The van der Waals surface area contributed by atoms with Gasteiger partial charge in [-0.05, 0) is 74.9 Å². The minimum atomic E-state index is -0.370. The van der Waals surface area contributed by atoms with Gasteiger partial charge in [-0.3, -0.25) is 4.79 Å². The lowest BCUT2D eigenvalue weighted by Gasteiger charge is -2.33. The monoisotopic (exact) mass is 464 g/mol. The molecule has 1 fully saturated rings. The number of halogens is 1. The van der Waals surface area contributed by atoms with Crippen LogP contribution in [0.3, 0.4) is 0 Å². The second-order valence-corrected chi connectivity index (χ2v) is 8.99. The maximum absolute atomic E-state index is 15.8. The van der Waals surface area contributed by atoms with Crippen LogP contribution >= 0.6 is 0 Å². The number of anilines is 1. The molecule has 8 heteroatoms. The zero-order valence-corrected chi connectivity index (χ0v) is 19.5. The largest absolute Gasteiger partial charge is 0.493 e. The topological polar surface area (TPSA) is 76.6 Å². The highest BCUT2D eigenvalue weighted by Gasteiger charge is 2.32. The first-order valence-corrected chi connectivity index (χ1v) is 11.8. The number of carbonyl (C=O) groups is 1. The van der Waals surface area contributed by atoms with E-state index in [2.05, 4.69) is 15.3 Å². The van der Waals surface area contributed by atoms with Gasteiger partial charge in [0.05, 0.1) is 17.5 Å². The van der Waals surface area contributed by atoms with Crippen LogP contribution in [0.1, 0.15) is 36.6 Å². The molecular formula is C26H29FN4O3. The number of piperidine rings is 1. The molecule has 5 rings (SSSR count). The Balaban J connectivity index is 1.41. The second kappa shape index (κ2) is 9.54. The Morgan fingerprint density at radius 1 is 1.26 bits per heavy atom. The molecule has 1 amide bonds. The summed E-state index contributed by atoms with van der Waals surface area (Å²) in [6, 6.07) is 9.38. The Morgan fingerprint density at radius 2 is 2.09 bits per heavy atom. The number of carbonyl (C=O) groups excluding carboxylic acids is 1. The minimum Gasteiger partial charge on any atom is -0.493 e. The van der Waals surface area contributed by atoms with Gasteiger partial charge < -0.3 is 19.7 Å². The van der Waals surface area contributed by atoms with Gasteiger partial charge in [-0.2, -0.15) is 0 Å². The van der Waals surface area contributed by atoms with E-state index >= 15 is 4.39 Å². The van der Waals surface area contributed by atoms with E-state index in [0.717, 1.165) is 42.6 Å². The zero-order chi connectivity index (χ0) is 23.7. The highest BCUT2D eigenvalue weighted by atomic mass is 19.1. The number of hydrogen-bond donors (Lipinski definition) is 1. The van der Waals surface area contributed by atoms with Crippen LogP contribution in [0.15, 0.2) is 36.5 Å². The standard InChI is InChI=1S/C26H29FN4O3/c1-16-29-14-20-21(30-16)4-3-5-22(20)33-13-10-18(17-8-11-28-12-9-17)19-6-7-23-26(25(19)27)31(2)24(32)15-34-23/h3-7,14,17-18,28H,8-13,15H2,1-2H3. The molecule has 2 aliphatic heterocycles. The highest BCUT2D eigenvalue weighted by molar-refractivity contribution is 5.97. The van der Waals surface area contributed by atoms with Crippen LogP contribution in [0, 0.1) is 18.7 Å². The average Bonchev–Trinajstić information content (AvgIpc) is 2.85. The fourth-order valence-corrected chi connectivity index (χ4v) is 5.07. The molecule has 3 heterocycles. The van der Waals surface area contributed by atoms with Gasteiger partial charge in [0.2, 0.25) is 0 Å². The number of ether oxygens (including phenoxy) is 2. The molecule has 1 N–H and O–H groups in total. The third-order valence-electron chi connectivity index (χ3n) is 6.91. The lowest BCUT2D eigenvalue weighted by atomic mass is 9.78. The lowest BCUT2D eigenvalue weighted by molar-refractivity contribution is -0.121. The Morgan fingerprint density at radius 3 is 2.91 bits per heavy atom. The SMILES string of the molecule is Cc1ncc2c(OCCC(c3ccc4c(c3F)N(C)C(=O)CO4)C3CCNCC3)cccc2n1. The van der Waals surface area contributed by atoms with E-state index in [1.165, 1.54) is 4.90 Å². The van der Waals surface area contributed by atoms with Crippen LogP contribution in [0.5, 0.6) is 11.5 Å². The van der Waals surface area contributed by atoms with Crippen molar-refractivity contribution in [3.05, 3.63) is 53.7 Å². The summed E-state index contributed by atoms with van der Waals surface area (Å²) in [4.78, 5) is 22.3. The van der Waals surface area contributed by atoms with Crippen LogP contribution < -0.4 is 19.7 Å². The van der Waals surface area contributed by atoms with Crippen molar-refractivity contribution in [3.63, 3.8) is 0 Å². The summed E-state index contributed by atoms with van der Waals surface area (Å²) in [6.45, 7) is 4.05. The van der Waals surface area contributed by atoms with Gasteiger partial charge in [0.1, 0.15) is 23.0 Å². The van der Waals surface area contributed by atoms with E-state index < -0.39 is 0 Å². The molecule has 1 atom stereocenters. The fourth-order valence-electron chi connectivity index (χ4n) is 5.07. The number of aryl methyl sites for hydroxylation is 1. The minimum absolute atomic E-state index is 0.0358. The van der Waals surface area contributed by atoms with Crippen molar-refractivity contribution in [2.45, 2.75) is 32.1 Å². The van der Waals surface area contributed by atoms with Crippen molar-refractivity contribution in [3.8, 4) is 11.5 Å². The first kappa shape index (κ1) is 22.5. The molecule has 0 bridgehead atoms. The van der Waals surface area contributed by atoms with Crippen molar-refractivity contribution in [2.75, 3.05) is 38.3 Å². The average molecular weight is 465 g/mol. The molecule has 2 aliphatic rings. The highest BCUT2D eigenvalue weighted by Crippen LogP contribution is 2.42. The molecule has 7 nitrogen and oxygen atoms in total. The van der Waals surface area contributed by atoms with Crippen LogP contribution in [-0.4, -0.2) is 49.2 Å². The fraction of sp³-hybridized carbons (Fsp3) is 0.423. The van der Waals surface area contributed by atoms with Crippen molar-refractivity contribution in [1.82, 2.24) is 15.3 Å². The Labute approximate surface area is 198 Å². The molecule has 34 heavy (non-hydrogen) atoms. The Hall–Kier alpha value is -3.26. The van der Waals surface area contributed by atoms with Gasteiger partial charge in [-0.1, -0.05) is 12.1 Å². The number of hydrogen-bond acceptors (Lipinski definition) is 6. The van der Waals surface area contributed by atoms with Gasteiger partial charge >= 0.3 is 0 Å². The molecule has 0 aliphatic carbocycles. The van der Waals surface area contributed by atoms with Crippen LogP contribution in [0.2, 0.25) is 0 Å². The van der Waals surface area contributed by atoms with Gasteiger partial charge in [0.25, 0.3) is 5.91 Å². The number of nitrogens with zero attached hydrogens (tertiary/aromatic N) is 3. The zero-order valence-electron chi connectivity index (χ0n) is 19.5. The van der Waals surface area contributed by atoms with Crippen molar-refractivity contribution < 1.29 is 18.7 Å². The molecule has 1 aromatic heterocycles. The molecule has 3 aromatic rings. The Kier molecular flexibility index (Phi) is 6.32. The quantitative estimate of drug-likeness (QED) is 0.595. The van der Waals surface area contributed by atoms with Crippen molar-refractivity contribution in [1.29, 1.82) is 0 Å². The maximum Gasteiger partial charge on any atom is 0.264 e. The summed E-state index contributed by atoms with van der Waals surface area (Å²) >= 11 is 0. The van der Waals surface area contributed by atoms with E-state index in [1.54, 1.807) is 19.3 Å². The number of aromatic nitrogens is 2. The van der Waals surface area contributed by atoms with E-state index in [-0.39, 0.29) is 29.9 Å². The van der Waals surface area contributed by atoms with Gasteiger partial charge in [0, 0.05) is 13.2 Å². The summed E-state index contributed by atoms with van der Waals surface area (Å²) in [6.07, 6.45) is 4.37. The smallest absolute Gasteiger partial charge is 0.264 e. The van der Waals surface area contributed by atoms with E-state index in [9.17, 15) is 4.79 Å². The first-order valence-electron chi connectivity index (χ1n) is 11.8. The number of fused-ring (bicyclic) bond motifs is 2. The first-order chi connectivity index (χ1) is 16.5. The molecular weight excluding hydrogens is 435 g/mol.